The molecule has 5 nitrogen and oxygen atoms in total. The zero-order chi connectivity index (χ0) is 16.5. The molecule has 22 heavy (non-hydrogen) atoms. The molecule has 0 saturated carbocycles. The van der Waals surface area contributed by atoms with E-state index in [4.69, 9.17) is 21.2 Å². The number of aromatic nitrogens is 1. The van der Waals surface area contributed by atoms with E-state index >= 15 is 0 Å². The van der Waals surface area contributed by atoms with E-state index in [2.05, 4.69) is 20.9 Å². The molecular formula is C14H16BrClN2O3S. The standard InChI is InChI=1S/C14H16BrClN2O3S/c1-5-18(13(19)20-14(2,3)4)21-8-6-9(16)11-10(7-8)22-12(15)17-11/h6-7H,5H2,1-4H3. The average Bonchev–Trinajstić information content (AvgIpc) is 2.74. The van der Waals surface area contributed by atoms with Gasteiger partial charge in [0.2, 0.25) is 0 Å². The third-order valence-corrected chi connectivity index (χ3v) is 4.24. The lowest BCUT2D eigenvalue weighted by Crippen LogP contribution is -2.38. The number of thiazole rings is 1. The Labute approximate surface area is 146 Å². The van der Waals surface area contributed by atoms with E-state index < -0.39 is 11.7 Å². The van der Waals surface area contributed by atoms with Crippen molar-refractivity contribution < 1.29 is 14.4 Å². The minimum absolute atomic E-state index is 0.344. The van der Waals surface area contributed by atoms with Gasteiger partial charge in [0.1, 0.15) is 11.1 Å². The number of carbonyl (C=O) groups is 1. The summed E-state index contributed by atoms with van der Waals surface area (Å²) >= 11 is 11.0. The maximum Gasteiger partial charge on any atom is 0.443 e. The number of hydroxylamine groups is 2. The quantitative estimate of drug-likeness (QED) is 0.651. The van der Waals surface area contributed by atoms with Gasteiger partial charge in [-0.15, -0.1) is 16.4 Å². The largest absolute Gasteiger partial charge is 0.443 e. The highest BCUT2D eigenvalue weighted by atomic mass is 79.9. The van der Waals surface area contributed by atoms with Crippen LogP contribution in [0.3, 0.4) is 0 Å². The summed E-state index contributed by atoms with van der Waals surface area (Å²) < 4.78 is 6.90. The number of hydrogen-bond donors (Lipinski definition) is 0. The zero-order valence-corrected chi connectivity index (χ0v) is 15.8. The maximum absolute atomic E-state index is 12.1. The molecule has 0 bridgehead atoms. The van der Waals surface area contributed by atoms with Crippen molar-refractivity contribution in [2.24, 2.45) is 0 Å². The second kappa shape index (κ2) is 6.60. The van der Waals surface area contributed by atoms with Crippen LogP contribution in [-0.2, 0) is 4.74 Å². The van der Waals surface area contributed by atoms with Crippen molar-refractivity contribution in [1.29, 1.82) is 0 Å². The third kappa shape index (κ3) is 4.24. The van der Waals surface area contributed by atoms with Crippen LogP contribution in [0.4, 0.5) is 4.79 Å². The number of nitrogens with zero attached hydrogens (tertiary/aromatic N) is 2. The molecule has 1 amide bonds. The summed E-state index contributed by atoms with van der Waals surface area (Å²) in [7, 11) is 0. The minimum atomic E-state index is -0.585. The Bertz CT molecular complexity index is 699. The normalized spacial score (nSPS) is 11.5. The summed E-state index contributed by atoms with van der Waals surface area (Å²) in [5.41, 5.74) is 0.115. The Morgan fingerprint density at radius 1 is 1.45 bits per heavy atom. The monoisotopic (exact) mass is 406 g/mol. The van der Waals surface area contributed by atoms with Gasteiger partial charge < -0.3 is 9.57 Å². The Hall–Kier alpha value is -1.05. The molecule has 0 spiro atoms. The fourth-order valence-corrected chi connectivity index (χ4v) is 3.42. The molecule has 0 aliphatic carbocycles. The number of rotatable bonds is 3. The predicted molar refractivity (Wildman–Crippen MR) is 91.6 cm³/mol. The molecular weight excluding hydrogens is 392 g/mol. The fourth-order valence-electron chi connectivity index (χ4n) is 1.66. The van der Waals surface area contributed by atoms with Gasteiger partial charge in [0.15, 0.2) is 9.67 Å². The molecule has 0 aliphatic heterocycles. The number of halogens is 2. The molecule has 120 valence electrons. The molecule has 2 rings (SSSR count). The highest BCUT2D eigenvalue weighted by Crippen LogP contribution is 2.34. The van der Waals surface area contributed by atoms with E-state index in [0.29, 0.717) is 22.8 Å². The predicted octanol–water partition coefficient (Wildman–Crippen LogP) is 5.26. The Morgan fingerprint density at radius 3 is 2.73 bits per heavy atom. The van der Waals surface area contributed by atoms with E-state index in [1.165, 1.54) is 11.3 Å². The molecule has 0 aliphatic rings. The third-order valence-electron chi connectivity index (χ3n) is 2.50. The summed E-state index contributed by atoms with van der Waals surface area (Å²) in [6, 6.07) is 3.42. The van der Waals surface area contributed by atoms with Gasteiger partial charge in [-0.2, -0.15) is 0 Å². The molecule has 2 aromatic rings. The van der Waals surface area contributed by atoms with E-state index in [1.54, 1.807) is 39.8 Å². The lowest BCUT2D eigenvalue weighted by molar-refractivity contribution is -0.0693. The van der Waals surface area contributed by atoms with Gasteiger partial charge in [-0.05, 0) is 43.6 Å². The highest BCUT2D eigenvalue weighted by Gasteiger charge is 2.23. The van der Waals surface area contributed by atoms with Crippen LogP contribution in [0.5, 0.6) is 5.75 Å². The molecule has 0 saturated heterocycles. The van der Waals surface area contributed by atoms with Crippen molar-refractivity contribution in [1.82, 2.24) is 10.0 Å². The zero-order valence-electron chi connectivity index (χ0n) is 12.6. The van der Waals surface area contributed by atoms with Crippen LogP contribution < -0.4 is 4.84 Å². The lowest BCUT2D eigenvalue weighted by Gasteiger charge is -2.26. The topological polar surface area (TPSA) is 51.7 Å². The molecule has 1 aromatic carbocycles. The number of fused-ring (bicyclic) bond motifs is 1. The molecule has 0 radical (unpaired) electrons. The van der Waals surface area contributed by atoms with Crippen LogP contribution in [0, 0.1) is 0 Å². The van der Waals surface area contributed by atoms with Crippen LogP contribution in [0.15, 0.2) is 16.0 Å². The number of hydrogen-bond acceptors (Lipinski definition) is 5. The lowest BCUT2D eigenvalue weighted by atomic mass is 10.2. The number of ether oxygens (including phenoxy) is 1. The fraction of sp³-hybridized carbons (Fsp3) is 0.429. The van der Waals surface area contributed by atoms with Gasteiger partial charge in [-0.3, -0.25) is 0 Å². The molecule has 1 heterocycles. The molecule has 8 heteroatoms. The van der Waals surface area contributed by atoms with Crippen LogP contribution in [0.25, 0.3) is 10.2 Å². The summed E-state index contributed by atoms with van der Waals surface area (Å²) in [5, 5.41) is 1.62. The smallest absolute Gasteiger partial charge is 0.442 e. The first-order chi connectivity index (χ1) is 10.2. The summed E-state index contributed by atoms with van der Waals surface area (Å²) in [6.07, 6.45) is -0.545. The molecule has 0 fully saturated rings. The van der Waals surface area contributed by atoms with E-state index in [0.717, 1.165) is 13.7 Å². The summed E-state index contributed by atoms with van der Waals surface area (Å²) in [6.45, 7) is 7.55. The maximum atomic E-state index is 12.1. The van der Waals surface area contributed by atoms with Gasteiger partial charge in [-0.25, -0.2) is 9.78 Å². The van der Waals surface area contributed by atoms with Crippen LogP contribution >= 0.6 is 38.9 Å². The first-order valence-electron chi connectivity index (χ1n) is 6.63. The van der Waals surface area contributed by atoms with Crippen molar-refractivity contribution in [3.63, 3.8) is 0 Å². The molecule has 0 N–H and O–H groups in total. The SMILES string of the molecule is CCN(Oc1cc(Cl)c2nc(Br)sc2c1)C(=O)OC(C)(C)C. The van der Waals surface area contributed by atoms with Crippen LogP contribution in [0.2, 0.25) is 5.02 Å². The minimum Gasteiger partial charge on any atom is -0.442 e. The van der Waals surface area contributed by atoms with Crippen molar-refractivity contribution in [2.75, 3.05) is 6.54 Å². The Morgan fingerprint density at radius 2 is 2.14 bits per heavy atom. The second-order valence-corrected chi connectivity index (χ2v) is 8.20. The molecule has 0 atom stereocenters. The Balaban J connectivity index is 2.22. The van der Waals surface area contributed by atoms with Gasteiger partial charge in [0, 0.05) is 12.1 Å². The number of amides is 1. The summed E-state index contributed by atoms with van der Waals surface area (Å²) in [4.78, 5) is 22.0. The van der Waals surface area contributed by atoms with E-state index in [1.807, 2.05) is 0 Å². The van der Waals surface area contributed by atoms with Crippen LogP contribution in [0.1, 0.15) is 27.7 Å². The van der Waals surface area contributed by atoms with Crippen molar-refractivity contribution >= 4 is 55.2 Å². The number of carbonyl (C=O) groups excluding carboxylic acids is 1. The van der Waals surface area contributed by atoms with Crippen molar-refractivity contribution in [3.05, 3.63) is 21.1 Å². The van der Waals surface area contributed by atoms with Gasteiger partial charge in [0.05, 0.1) is 16.3 Å². The van der Waals surface area contributed by atoms with Gasteiger partial charge >= 0.3 is 6.09 Å². The average molecular weight is 408 g/mol. The Kier molecular flexibility index (Phi) is 5.19. The van der Waals surface area contributed by atoms with Crippen LogP contribution in [-0.4, -0.2) is 28.3 Å². The van der Waals surface area contributed by atoms with Crippen molar-refractivity contribution in [2.45, 2.75) is 33.3 Å². The van der Waals surface area contributed by atoms with Gasteiger partial charge in [-0.1, -0.05) is 11.6 Å². The second-order valence-electron chi connectivity index (χ2n) is 5.49. The summed E-state index contributed by atoms with van der Waals surface area (Å²) in [5.74, 6) is 0.460. The first kappa shape index (κ1) is 17.3. The first-order valence-corrected chi connectivity index (χ1v) is 8.62. The van der Waals surface area contributed by atoms with E-state index in [-0.39, 0.29) is 0 Å². The number of benzene rings is 1. The van der Waals surface area contributed by atoms with Crippen molar-refractivity contribution in [3.8, 4) is 5.75 Å². The van der Waals surface area contributed by atoms with Gasteiger partial charge in [0.25, 0.3) is 0 Å². The highest BCUT2D eigenvalue weighted by molar-refractivity contribution is 9.11. The molecule has 0 unspecified atom stereocenters. The molecule has 1 aromatic heterocycles. The van der Waals surface area contributed by atoms with E-state index in [9.17, 15) is 4.79 Å².